The largest absolute Gasteiger partial charge is 0.447 e. The van der Waals surface area contributed by atoms with E-state index in [2.05, 4.69) is 5.16 Å². The zero-order chi connectivity index (χ0) is 17.2. The molecule has 2 aromatic rings. The number of rotatable bonds is 3. The maximum absolute atomic E-state index is 12.3. The molecular formula is C18H19N3O4. The molecule has 1 aromatic heterocycles. The Morgan fingerprint density at radius 2 is 1.88 bits per heavy atom. The van der Waals surface area contributed by atoms with Gasteiger partial charge in [0.1, 0.15) is 6.61 Å². The van der Waals surface area contributed by atoms with Crippen LogP contribution < -0.4 is 0 Å². The molecule has 0 unspecified atom stereocenters. The predicted molar refractivity (Wildman–Crippen MR) is 87.8 cm³/mol. The average molecular weight is 341 g/mol. The Balaban J connectivity index is 1.44. The first-order valence-electron chi connectivity index (χ1n) is 8.44. The SMILES string of the molecule is O=C(c1ccno1)N1CCC(N2C(=O)OC[C@H]2c2ccccc2)CC1. The van der Waals surface area contributed by atoms with Gasteiger partial charge in [0.05, 0.1) is 12.2 Å². The maximum Gasteiger partial charge on any atom is 0.410 e. The van der Waals surface area contributed by atoms with E-state index in [0.29, 0.717) is 19.7 Å². The summed E-state index contributed by atoms with van der Waals surface area (Å²) in [4.78, 5) is 28.2. The smallest absolute Gasteiger partial charge is 0.410 e. The number of ether oxygens (including phenoxy) is 1. The Kier molecular flexibility index (Phi) is 4.13. The van der Waals surface area contributed by atoms with Gasteiger partial charge in [-0.2, -0.15) is 0 Å². The van der Waals surface area contributed by atoms with Crippen LogP contribution in [0.25, 0.3) is 0 Å². The van der Waals surface area contributed by atoms with Crippen LogP contribution in [-0.4, -0.2) is 52.7 Å². The van der Waals surface area contributed by atoms with Crippen molar-refractivity contribution in [3.63, 3.8) is 0 Å². The van der Waals surface area contributed by atoms with Gasteiger partial charge in [0.2, 0.25) is 5.76 Å². The summed E-state index contributed by atoms with van der Waals surface area (Å²) in [7, 11) is 0. The second-order valence-corrected chi connectivity index (χ2v) is 6.31. The molecule has 0 spiro atoms. The molecule has 7 nitrogen and oxygen atoms in total. The van der Waals surface area contributed by atoms with Crippen LogP contribution in [0.15, 0.2) is 47.1 Å². The van der Waals surface area contributed by atoms with Gasteiger partial charge in [0.15, 0.2) is 0 Å². The van der Waals surface area contributed by atoms with E-state index < -0.39 is 0 Å². The van der Waals surface area contributed by atoms with Crippen LogP contribution in [0.4, 0.5) is 4.79 Å². The topological polar surface area (TPSA) is 75.9 Å². The molecule has 7 heteroatoms. The quantitative estimate of drug-likeness (QED) is 0.857. The lowest BCUT2D eigenvalue weighted by atomic mass is 9.99. The van der Waals surface area contributed by atoms with Crippen molar-refractivity contribution in [1.29, 1.82) is 0 Å². The fourth-order valence-corrected chi connectivity index (χ4v) is 3.60. The van der Waals surface area contributed by atoms with Gasteiger partial charge in [-0.05, 0) is 18.4 Å². The van der Waals surface area contributed by atoms with Crippen molar-refractivity contribution in [2.24, 2.45) is 0 Å². The first-order chi connectivity index (χ1) is 12.2. The Hall–Kier alpha value is -2.83. The lowest BCUT2D eigenvalue weighted by Crippen LogP contribution is -2.47. The Bertz CT molecular complexity index is 739. The molecule has 0 N–H and O–H groups in total. The first kappa shape index (κ1) is 15.7. The monoisotopic (exact) mass is 341 g/mol. The van der Waals surface area contributed by atoms with E-state index in [9.17, 15) is 9.59 Å². The number of carbonyl (C=O) groups is 2. The number of hydrogen-bond acceptors (Lipinski definition) is 5. The van der Waals surface area contributed by atoms with Gasteiger partial charge in [0, 0.05) is 25.2 Å². The summed E-state index contributed by atoms with van der Waals surface area (Å²) in [6.07, 6.45) is 2.63. The van der Waals surface area contributed by atoms with E-state index in [0.717, 1.165) is 18.4 Å². The van der Waals surface area contributed by atoms with Gasteiger partial charge in [-0.1, -0.05) is 35.5 Å². The van der Waals surface area contributed by atoms with Crippen molar-refractivity contribution < 1.29 is 18.8 Å². The zero-order valence-electron chi connectivity index (χ0n) is 13.7. The molecule has 25 heavy (non-hydrogen) atoms. The molecule has 2 amide bonds. The summed E-state index contributed by atoms with van der Waals surface area (Å²) < 4.78 is 10.2. The fraction of sp³-hybridized carbons (Fsp3) is 0.389. The maximum atomic E-state index is 12.3. The number of hydrogen-bond donors (Lipinski definition) is 0. The first-order valence-corrected chi connectivity index (χ1v) is 8.44. The lowest BCUT2D eigenvalue weighted by molar-refractivity contribution is 0.0598. The number of amides is 2. The van der Waals surface area contributed by atoms with E-state index in [1.54, 1.807) is 11.0 Å². The Morgan fingerprint density at radius 3 is 2.56 bits per heavy atom. The molecule has 0 bridgehead atoms. The van der Waals surface area contributed by atoms with Gasteiger partial charge in [-0.15, -0.1) is 0 Å². The van der Waals surface area contributed by atoms with Crippen LogP contribution in [0.1, 0.15) is 35.0 Å². The highest BCUT2D eigenvalue weighted by Gasteiger charge is 2.40. The van der Waals surface area contributed by atoms with Crippen molar-refractivity contribution in [3.05, 3.63) is 53.9 Å². The third-order valence-electron chi connectivity index (χ3n) is 4.89. The number of benzene rings is 1. The molecule has 130 valence electrons. The molecule has 0 aliphatic carbocycles. The minimum absolute atomic E-state index is 0.0600. The summed E-state index contributed by atoms with van der Waals surface area (Å²) >= 11 is 0. The highest BCUT2D eigenvalue weighted by molar-refractivity contribution is 5.91. The van der Waals surface area contributed by atoms with Crippen LogP contribution in [0.3, 0.4) is 0 Å². The average Bonchev–Trinajstić information content (AvgIpc) is 3.32. The summed E-state index contributed by atoms with van der Waals surface area (Å²) in [5.41, 5.74) is 1.08. The second-order valence-electron chi connectivity index (χ2n) is 6.31. The van der Waals surface area contributed by atoms with E-state index in [1.807, 2.05) is 35.2 Å². The molecule has 4 rings (SSSR count). The van der Waals surface area contributed by atoms with E-state index in [-0.39, 0.29) is 29.8 Å². The summed E-state index contributed by atoms with van der Waals surface area (Å²) in [6, 6.07) is 11.5. The number of nitrogens with zero attached hydrogens (tertiary/aromatic N) is 3. The van der Waals surface area contributed by atoms with Gasteiger partial charge >= 0.3 is 6.09 Å². The minimum Gasteiger partial charge on any atom is -0.447 e. The van der Waals surface area contributed by atoms with Crippen LogP contribution >= 0.6 is 0 Å². The normalized spacial score (nSPS) is 21.4. The van der Waals surface area contributed by atoms with Crippen molar-refractivity contribution in [2.45, 2.75) is 24.9 Å². The van der Waals surface area contributed by atoms with Crippen LogP contribution in [0, 0.1) is 0 Å². The molecule has 1 atom stereocenters. The number of piperidine rings is 1. The Labute approximate surface area is 145 Å². The van der Waals surface area contributed by atoms with Crippen molar-refractivity contribution in [1.82, 2.24) is 15.0 Å². The number of carbonyl (C=O) groups excluding carboxylic acids is 2. The molecule has 0 saturated carbocycles. The zero-order valence-corrected chi connectivity index (χ0v) is 13.7. The fourth-order valence-electron chi connectivity index (χ4n) is 3.60. The lowest BCUT2D eigenvalue weighted by Gasteiger charge is -2.37. The molecule has 2 aliphatic heterocycles. The van der Waals surface area contributed by atoms with E-state index in [4.69, 9.17) is 9.26 Å². The molecule has 2 saturated heterocycles. The highest BCUT2D eigenvalue weighted by Crippen LogP contribution is 2.33. The number of aromatic nitrogens is 1. The van der Waals surface area contributed by atoms with E-state index in [1.165, 1.54) is 6.20 Å². The molecular weight excluding hydrogens is 322 g/mol. The summed E-state index contributed by atoms with van der Waals surface area (Å²) in [5, 5.41) is 3.58. The second kappa shape index (κ2) is 6.58. The standard InChI is InChI=1S/C18H19N3O4/c22-17(16-6-9-19-25-16)20-10-7-14(8-11-20)21-15(12-24-18(21)23)13-4-2-1-3-5-13/h1-6,9,14-15H,7-8,10-12H2/t15-/m0/s1. The summed E-state index contributed by atoms with van der Waals surface area (Å²) in [6.45, 7) is 1.53. The van der Waals surface area contributed by atoms with Crippen molar-refractivity contribution in [3.8, 4) is 0 Å². The molecule has 0 radical (unpaired) electrons. The van der Waals surface area contributed by atoms with Crippen LogP contribution in [-0.2, 0) is 4.74 Å². The van der Waals surface area contributed by atoms with Crippen molar-refractivity contribution >= 4 is 12.0 Å². The van der Waals surface area contributed by atoms with Gasteiger partial charge in [-0.25, -0.2) is 4.79 Å². The molecule has 1 aromatic carbocycles. The minimum atomic E-state index is -0.270. The van der Waals surface area contributed by atoms with Gasteiger partial charge in [-0.3, -0.25) is 9.69 Å². The molecule has 2 aliphatic rings. The number of cyclic esters (lactones) is 1. The van der Waals surface area contributed by atoms with E-state index >= 15 is 0 Å². The molecule has 3 heterocycles. The van der Waals surface area contributed by atoms with Gasteiger partial charge < -0.3 is 14.2 Å². The summed E-state index contributed by atoms with van der Waals surface area (Å²) in [5.74, 6) is 0.0979. The third kappa shape index (κ3) is 2.97. The third-order valence-corrected chi connectivity index (χ3v) is 4.89. The Morgan fingerprint density at radius 1 is 1.12 bits per heavy atom. The molecule has 2 fully saturated rings. The van der Waals surface area contributed by atoms with Crippen molar-refractivity contribution in [2.75, 3.05) is 19.7 Å². The van der Waals surface area contributed by atoms with Gasteiger partial charge in [0.25, 0.3) is 5.91 Å². The van der Waals surface area contributed by atoms with Crippen LogP contribution in [0.5, 0.6) is 0 Å². The number of likely N-dealkylation sites (tertiary alicyclic amines) is 1. The predicted octanol–water partition coefficient (Wildman–Crippen LogP) is 2.47. The highest BCUT2D eigenvalue weighted by atomic mass is 16.6. The van der Waals surface area contributed by atoms with Crippen LogP contribution in [0.2, 0.25) is 0 Å².